The van der Waals surface area contributed by atoms with Gasteiger partial charge in [0.2, 0.25) is 17.6 Å². The van der Waals surface area contributed by atoms with Gasteiger partial charge in [0.1, 0.15) is 0 Å². The molecule has 0 aliphatic carbocycles. The lowest BCUT2D eigenvalue weighted by molar-refractivity contribution is -0.133. The quantitative estimate of drug-likeness (QED) is 0.735. The molecule has 2 atom stereocenters. The lowest BCUT2D eigenvalue weighted by Gasteiger charge is -2.21. The Morgan fingerprint density at radius 2 is 1.71 bits per heavy atom. The maximum absolute atomic E-state index is 12.8. The standard InChI is InChI=1S/C21H32N2O5/c1-7-8-22-20(24)16-12-23(21(25)13(2)3)11-15(16)14-9-17(26-4)19(28-6)18(10-14)27-5/h9-10,13,15-16H,7-8,11-12H2,1-6H3,(H,22,24)/t15-,16+/m1/s1. The number of nitrogens with one attached hydrogen (secondary N) is 1. The van der Waals surface area contributed by atoms with Gasteiger partial charge in [-0.3, -0.25) is 9.59 Å². The second-order valence-electron chi connectivity index (χ2n) is 7.36. The van der Waals surface area contributed by atoms with E-state index in [1.165, 1.54) is 0 Å². The van der Waals surface area contributed by atoms with Crippen molar-refractivity contribution < 1.29 is 23.8 Å². The molecule has 1 aliphatic rings. The number of ether oxygens (including phenoxy) is 3. The molecular formula is C21H32N2O5. The van der Waals surface area contributed by atoms with Crippen molar-refractivity contribution >= 4 is 11.8 Å². The van der Waals surface area contributed by atoms with Gasteiger partial charge in [-0.15, -0.1) is 0 Å². The molecule has 156 valence electrons. The van der Waals surface area contributed by atoms with Crippen LogP contribution in [0.3, 0.4) is 0 Å². The van der Waals surface area contributed by atoms with Gasteiger partial charge in [0.05, 0.1) is 27.2 Å². The number of carbonyl (C=O) groups excluding carboxylic acids is 2. The van der Waals surface area contributed by atoms with Crippen molar-refractivity contribution in [2.45, 2.75) is 33.1 Å². The lowest BCUT2D eigenvalue weighted by Crippen LogP contribution is -2.36. The zero-order valence-electron chi connectivity index (χ0n) is 17.7. The Morgan fingerprint density at radius 1 is 1.11 bits per heavy atom. The van der Waals surface area contributed by atoms with Gasteiger partial charge in [-0.25, -0.2) is 0 Å². The molecule has 7 heteroatoms. The van der Waals surface area contributed by atoms with Crippen LogP contribution >= 0.6 is 0 Å². The topological polar surface area (TPSA) is 77.1 Å². The predicted molar refractivity (Wildman–Crippen MR) is 107 cm³/mol. The summed E-state index contributed by atoms with van der Waals surface area (Å²) in [5.41, 5.74) is 0.894. The molecule has 7 nitrogen and oxygen atoms in total. The third-order valence-corrected chi connectivity index (χ3v) is 5.13. The molecular weight excluding hydrogens is 360 g/mol. The maximum Gasteiger partial charge on any atom is 0.225 e. The molecule has 0 spiro atoms. The summed E-state index contributed by atoms with van der Waals surface area (Å²) in [7, 11) is 4.69. The Kier molecular flexibility index (Phi) is 7.54. The highest BCUT2D eigenvalue weighted by Crippen LogP contribution is 2.43. The predicted octanol–water partition coefficient (Wildman–Crippen LogP) is 2.44. The van der Waals surface area contributed by atoms with Gasteiger partial charge in [-0.2, -0.15) is 0 Å². The summed E-state index contributed by atoms with van der Waals surface area (Å²) in [4.78, 5) is 27.2. The normalized spacial score (nSPS) is 18.9. The van der Waals surface area contributed by atoms with Crippen molar-refractivity contribution in [2.24, 2.45) is 11.8 Å². The number of nitrogens with zero attached hydrogens (tertiary/aromatic N) is 1. The fraction of sp³-hybridized carbons (Fsp3) is 0.619. The molecule has 0 aromatic heterocycles. The van der Waals surface area contributed by atoms with Gasteiger partial charge in [0.25, 0.3) is 0 Å². The van der Waals surface area contributed by atoms with Crippen LogP contribution in [0.4, 0.5) is 0 Å². The summed E-state index contributed by atoms with van der Waals surface area (Å²) in [5, 5.41) is 2.98. The van der Waals surface area contributed by atoms with Crippen LogP contribution in [0.2, 0.25) is 0 Å². The van der Waals surface area contributed by atoms with Crippen molar-refractivity contribution in [3.05, 3.63) is 17.7 Å². The maximum atomic E-state index is 12.8. The first-order chi connectivity index (χ1) is 13.4. The SMILES string of the molecule is CCCNC(=O)[C@H]1CN(C(=O)C(C)C)C[C@@H]1c1cc(OC)c(OC)c(OC)c1. The summed E-state index contributed by atoms with van der Waals surface area (Å²) in [6.07, 6.45) is 0.863. The highest BCUT2D eigenvalue weighted by atomic mass is 16.5. The van der Waals surface area contributed by atoms with Crippen molar-refractivity contribution in [1.29, 1.82) is 0 Å². The molecule has 1 heterocycles. The van der Waals surface area contributed by atoms with E-state index in [-0.39, 0.29) is 29.6 Å². The van der Waals surface area contributed by atoms with Gasteiger partial charge in [0.15, 0.2) is 11.5 Å². The van der Waals surface area contributed by atoms with Crippen LogP contribution < -0.4 is 19.5 Å². The largest absolute Gasteiger partial charge is 0.493 e. The molecule has 1 N–H and O–H groups in total. The number of hydrogen-bond donors (Lipinski definition) is 1. The second kappa shape index (κ2) is 9.66. The van der Waals surface area contributed by atoms with E-state index in [1.807, 2.05) is 32.9 Å². The van der Waals surface area contributed by atoms with Crippen LogP contribution in [-0.2, 0) is 9.59 Å². The highest BCUT2D eigenvalue weighted by molar-refractivity contribution is 5.84. The fourth-order valence-corrected chi connectivity index (χ4v) is 3.65. The Bertz CT molecular complexity index is 679. The number of rotatable bonds is 8. The average molecular weight is 392 g/mol. The zero-order valence-corrected chi connectivity index (χ0v) is 17.7. The van der Waals surface area contributed by atoms with E-state index in [9.17, 15) is 9.59 Å². The monoisotopic (exact) mass is 392 g/mol. The minimum absolute atomic E-state index is 0.0281. The fourth-order valence-electron chi connectivity index (χ4n) is 3.65. The number of hydrogen-bond acceptors (Lipinski definition) is 5. The molecule has 1 fully saturated rings. The summed E-state index contributed by atoms with van der Waals surface area (Å²) in [6, 6.07) is 3.74. The van der Waals surface area contributed by atoms with Gasteiger partial charge >= 0.3 is 0 Å². The van der Waals surface area contributed by atoms with Gasteiger partial charge in [-0.1, -0.05) is 20.8 Å². The number of benzene rings is 1. The summed E-state index contributed by atoms with van der Waals surface area (Å²) >= 11 is 0. The van der Waals surface area contributed by atoms with E-state index in [0.29, 0.717) is 36.9 Å². The third-order valence-electron chi connectivity index (χ3n) is 5.13. The molecule has 0 bridgehead atoms. The van der Waals surface area contributed by atoms with Crippen molar-refractivity contribution in [1.82, 2.24) is 10.2 Å². The van der Waals surface area contributed by atoms with E-state index < -0.39 is 0 Å². The van der Waals surface area contributed by atoms with E-state index in [2.05, 4.69) is 5.32 Å². The number of amides is 2. The molecule has 1 saturated heterocycles. The van der Waals surface area contributed by atoms with E-state index in [4.69, 9.17) is 14.2 Å². The first kappa shape index (κ1) is 21.9. The van der Waals surface area contributed by atoms with Crippen LogP contribution in [0.5, 0.6) is 17.2 Å². The Morgan fingerprint density at radius 3 is 2.18 bits per heavy atom. The van der Waals surface area contributed by atoms with Crippen molar-refractivity contribution in [3.8, 4) is 17.2 Å². The van der Waals surface area contributed by atoms with Gasteiger partial charge in [-0.05, 0) is 24.1 Å². The Hall–Kier alpha value is -2.44. The molecule has 1 aromatic rings. The Balaban J connectivity index is 2.43. The van der Waals surface area contributed by atoms with Gasteiger partial charge in [0, 0.05) is 31.5 Å². The highest BCUT2D eigenvalue weighted by Gasteiger charge is 2.41. The average Bonchev–Trinajstić information content (AvgIpc) is 3.15. The first-order valence-corrected chi connectivity index (χ1v) is 9.74. The summed E-state index contributed by atoms with van der Waals surface area (Å²) in [6.45, 7) is 7.28. The van der Waals surface area contributed by atoms with E-state index in [0.717, 1.165) is 12.0 Å². The summed E-state index contributed by atoms with van der Waals surface area (Å²) < 4.78 is 16.3. The van der Waals surface area contributed by atoms with Gasteiger partial charge < -0.3 is 24.4 Å². The number of carbonyl (C=O) groups is 2. The molecule has 28 heavy (non-hydrogen) atoms. The minimum Gasteiger partial charge on any atom is -0.493 e. The number of methoxy groups -OCH3 is 3. The van der Waals surface area contributed by atoms with Crippen molar-refractivity contribution in [2.75, 3.05) is 41.0 Å². The molecule has 2 rings (SSSR count). The second-order valence-corrected chi connectivity index (χ2v) is 7.36. The first-order valence-electron chi connectivity index (χ1n) is 9.74. The molecule has 2 amide bonds. The molecule has 0 saturated carbocycles. The molecule has 0 unspecified atom stereocenters. The van der Waals surface area contributed by atoms with E-state index >= 15 is 0 Å². The van der Waals surface area contributed by atoms with Crippen molar-refractivity contribution in [3.63, 3.8) is 0 Å². The third kappa shape index (κ3) is 4.51. The molecule has 1 aromatic carbocycles. The van der Waals surface area contributed by atoms with Crippen LogP contribution in [0.25, 0.3) is 0 Å². The van der Waals surface area contributed by atoms with Crippen LogP contribution in [0, 0.1) is 11.8 Å². The lowest BCUT2D eigenvalue weighted by atomic mass is 9.88. The smallest absolute Gasteiger partial charge is 0.225 e. The number of likely N-dealkylation sites (tertiary alicyclic amines) is 1. The van der Waals surface area contributed by atoms with Crippen LogP contribution in [0.1, 0.15) is 38.7 Å². The Labute approximate surface area is 167 Å². The zero-order chi connectivity index (χ0) is 20.8. The minimum atomic E-state index is -0.322. The molecule has 0 radical (unpaired) electrons. The molecule has 1 aliphatic heterocycles. The summed E-state index contributed by atoms with van der Waals surface area (Å²) in [5.74, 6) is 1.04. The van der Waals surface area contributed by atoms with E-state index in [1.54, 1.807) is 26.2 Å². The van der Waals surface area contributed by atoms with Crippen LogP contribution in [-0.4, -0.2) is 57.7 Å². The van der Waals surface area contributed by atoms with Crippen LogP contribution in [0.15, 0.2) is 12.1 Å².